The van der Waals surface area contributed by atoms with Gasteiger partial charge in [0, 0.05) is 17.0 Å². The van der Waals surface area contributed by atoms with E-state index in [0.717, 1.165) is 22.0 Å². The molecule has 1 aliphatic carbocycles. The Morgan fingerprint density at radius 1 is 1.00 bits per heavy atom. The minimum absolute atomic E-state index is 0.200. The summed E-state index contributed by atoms with van der Waals surface area (Å²) in [5.74, 6) is 0.410. The van der Waals surface area contributed by atoms with E-state index in [0.29, 0.717) is 5.92 Å². The van der Waals surface area contributed by atoms with E-state index in [1.54, 1.807) is 0 Å². The molecule has 0 saturated heterocycles. The maximum absolute atomic E-state index is 13.1. The smallest absolute Gasteiger partial charge is 0.264 e. The Labute approximate surface area is 144 Å². The zero-order chi connectivity index (χ0) is 18.0. The first-order valence-corrected chi connectivity index (χ1v) is 9.06. The molecule has 0 amide bonds. The van der Waals surface area contributed by atoms with E-state index in [-0.39, 0.29) is 5.82 Å². The topological polar surface area (TPSA) is 87.5 Å². The highest BCUT2D eigenvalue weighted by atomic mass is 32.3. The van der Waals surface area contributed by atoms with Crippen molar-refractivity contribution in [1.29, 1.82) is 0 Å². The molecule has 1 aliphatic rings. The second-order valence-electron chi connectivity index (χ2n) is 5.84. The molecule has 1 heterocycles. The Hall–Kier alpha value is -2.35. The van der Waals surface area contributed by atoms with Crippen LogP contribution >= 0.6 is 0 Å². The van der Waals surface area contributed by atoms with Crippen LogP contribution in [0, 0.1) is 5.82 Å². The maximum Gasteiger partial charge on any atom is 0.394 e. The Morgan fingerprint density at radius 3 is 2.20 bits per heavy atom. The minimum Gasteiger partial charge on any atom is -0.264 e. The summed E-state index contributed by atoms with van der Waals surface area (Å²) in [7, 11) is -4.67. The number of hydrogen-bond donors (Lipinski definition) is 2. The molecule has 25 heavy (non-hydrogen) atoms. The van der Waals surface area contributed by atoms with Crippen LogP contribution in [-0.4, -0.2) is 22.5 Å². The highest BCUT2D eigenvalue weighted by molar-refractivity contribution is 7.79. The zero-order valence-corrected chi connectivity index (χ0v) is 13.9. The summed E-state index contributed by atoms with van der Waals surface area (Å²) in [5.41, 5.74) is 4.39. The summed E-state index contributed by atoms with van der Waals surface area (Å²) in [4.78, 5) is 4.77. The fraction of sp³-hybridized carbons (Fsp3) is 0.167. The number of pyridine rings is 1. The van der Waals surface area contributed by atoms with E-state index in [9.17, 15) is 4.39 Å². The van der Waals surface area contributed by atoms with Gasteiger partial charge in [-0.2, -0.15) is 8.42 Å². The van der Waals surface area contributed by atoms with E-state index in [4.69, 9.17) is 22.5 Å². The van der Waals surface area contributed by atoms with Gasteiger partial charge in [-0.25, -0.2) is 4.39 Å². The lowest BCUT2D eigenvalue weighted by Gasteiger charge is -2.09. The summed E-state index contributed by atoms with van der Waals surface area (Å²) in [6.45, 7) is 0. The fourth-order valence-electron chi connectivity index (χ4n) is 2.65. The van der Waals surface area contributed by atoms with E-state index in [1.807, 2.05) is 30.3 Å². The van der Waals surface area contributed by atoms with Gasteiger partial charge >= 0.3 is 10.4 Å². The Bertz CT molecular complexity index is 991. The van der Waals surface area contributed by atoms with E-state index in [2.05, 4.69) is 12.1 Å². The van der Waals surface area contributed by atoms with Crippen LogP contribution in [0.4, 0.5) is 4.39 Å². The summed E-state index contributed by atoms with van der Waals surface area (Å²) in [5, 5.41) is 1.13. The van der Waals surface area contributed by atoms with Crippen molar-refractivity contribution in [3.8, 4) is 11.1 Å². The number of fused-ring (bicyclic) bond motifs is 1. The van der Waals surface area contributed by atoms with Gasteiger partial charge in [0.05, 0.1) is 5.52 Å². The predicted octanol–water partition coefficient (Wildman–Crippen LogP) is 4.27. The van der Waals surface area contributed by atoms with Crippen LogP contribution in [-0.2, 0) is 10.4 Å². The zero-order valence-electron chi connectivity index (χ0n) is 13.1. The first-order valence-electron chi connectivity index (χ1n) is 7.67. The molecule has 1 aromatic heterocycles. The molecule has 3 aromatic rings. The molecule has 0 atom stereocenters. The van der Waals surface area contributed by atoms with Gasteiger partial charge in [-0.05, 0) is 48.2 Å². The molecule has 2 aromatic carbocycles. The third kappa shape index (κ3) is 4.82. The van der Waals surface area contributed by atoms with Gasteiger partial charge in [-0.15, -0.1) is 0 Å². The van der Waals surface area contributed by atoms with Crippen LogP contribution in [0.15, 0.2) is 54.6 Å². The first-order chi connectivity index (χ1) is 11.8. The van der Waals surface area contributed by atoms with Crippen LogP contribution in [0.1, 0.15) is 24.5 Å². The lowest BCUT2D eigenvalue weighted by Crippen LogP contribution is -1.91. The number of benzene rings is 2. The molecule has 0 bridgehead atoms. The molecule has 0 unspecified atom stereocenters. The molecule has 7 heteroatoms. The largest absolute Gasteiger partial charge is 0.394 e. The van der Waals surface area contributed by atoms with Crippen LogP contribution in [0.2, 0.25) is 0 Å². The predicted molar refractivity (Wildman–Crippen MR) is 93.3 cm³/mol. The van der Waals surface area contributed by atoms with Crippen LogP contribution in [0.25, 0.3) is 22.0 Å². The van der Waals surface area contributed by atoms with Crippen molar-refractivity contribution in [3.05, 3.63) is 66.1 Å². The number of hydrogen-bond acceptors (Lipinski definition) is 3. The van der Waals surface area contributed by atoms with Crippen molar-refractivity contribution < 1.29 is 21.9 Å². The van der Waals surface area contributed by atoms with Crippen molar-refractivity contribution >= 4 is 21.3 Å². The molecular formula is C18H16FNO4S. The van der Waals surface area contributed by atoms with Crippen LogP contribution < -0.4 is 0 Å². The molecule has 0 radical (unpaired) electrons. The van der Waals surface area contributed by atoms with Gasteiger partial charge in [-0.1, -0.05) is 30.3 Å². The van der Waals surface area contributed by atoms with Crippen molar-refractivity contribution in [1.82, 2.24) is 4.98 Å². The summed E-state index contributed by atoms with van der Waals surface area (Å²) in [6.07, 6.45) is 2.46. The highest BCUT2D eigenvalue weighted by Crippen LogP contribution is 2.41. The van der Waals surface area contributed by atoms with E-state index < -0.39 is 10.4 Å². The molecule has 130 valence electrons. The number of halogens is 1. The molecule has 1 saturated carbocycles. The van der Waals surface area contributed by atoms with Crippen molar-refractivity contribution in [2.75, 3.05) is 0 Å². The minimum atomic E-state index is -4.67. The lowest BCUT2D eigenvalue weighted by molar-refractivity contribution is 0.381. The summed E-state index contributed by atoms with van der Waals surface area (Å²) < 4.78 is 44.7. The van der Waals surface area contributed by atoms with Crippen molar-refractivity contribution in [2.45, 2.75) is 18.8 Å². The third-order valence-corrected chi connectivity index (χ3v) is 3.89. The number of para-hydroxylation sites is 1. The second kappa shape index (κ2) is 6.87. The molecule has 2 N–H and O–H groups in total. The normalized spacial score (nSPS) is 14.0. The van der Waals surface area contributed by atoms with E-state index >= 15 is 0 Å². The maximum atomic E-state index is 13.1. The molecule has 0 aliphatic heterocycles. The van der Waals surface area contributed by atoms with Gasteiger partial charge in [0.2, 0.25) is 0 Å². The monoisotopic (exact) mass is 361 g/mol. The Kier molecular flexibility index (Phi) is 4.80. The standard InChI is InChI=1S/C18H14FN.H2O4S/c19-14-9-7-12(8-10-14)16-11-18(13-5-6-13)20-17-4-2-1-3-15(16)17;1-5(2,3)4/h1-4,7-11,13H,5-6H2;(H2,1,2,3,4). The van der Waals surface area contributed by atoms with Crippen LogP contribution in [0.5, 0.6) is 0 Å². The van der Waals surface area contributed by atoms with E-state index in [1.165, 1.54) is 30.7 Å². The Balaban J connectivity index is 0.000000324. The molecule has 5 nitrogen and oxygen atoms in total. The molecular weight excluding hydrogens is 345 g/mol. The average Bonchev–Trinajstić information content (AvgIpc) is 3.38. The highest BCUT2D eigenvalue weighted by Gasteiger charge is 2.26. The van der Waals surface area contributed by atoms with Crippen molar-refractivity contribution in [2.24, 2.45) is 0 Å². The first kappa shape index (κ1) is 17.5. The number of nitrogens with zero attached hydrogens (tertiary/aromatic N) is 1. The quantitative estimate of drug-likeness (QED) is 0.666. The van der Waals surface area contributed by atoms with Crippen LogP contribution in [0.3, 0.4) is 0 Å². The molecule has 4 rings (SSSR count). The van der Waals surface area contributed by atoms with Crippen molar-refractivity contribution in [3.63, 3.8) is 0 Å². The van der Waals surface area contributed by atoms with Gasteiger partial charge in [-0.3, -0.25) is 14.1 Å². The third-order valence-electron chi connectivity index (χ3n) is 3.89. The van der Waals surface area contributed by atoms with Gasteiger partial charge < -0.3 is 0 Å². The van der Waals surface area contributed by atoms with Gasteiger partial charge in [0.1, 0.15) is 5.82 Å². The lowest BCUT2D eigenvalue weighted by atomic mass is 9.99. The SMILES string of the molecule is Fc1ccc(-c2cc(C3CC3)nc3ccccc23)cc1.O=S(=O)(O)O. The van der Waals surface area contributed by atoms with Gasteiger partial charge in [0.25, 0.3) is 0 Å². The molecule has 0 spiro atoms. The fourth-order valence-corrected chi connectivity index (χ4v) is 2.65. The second-order valence-corrected chi connectivity index (χ2v) is 6.74. The number of aromatic nitrogens is 1. The number of rotatable bonds is 2. The summed E-state index contributed by atoms with van der Waals surface area (Å²) in [6, 6.07) is 17.1. The Morgan fingerprint density at radius 2 is 1.60 bits per heavy atom. The van der Waals surface area contributed by atoms with Gasteiger partial charge in [0.15, 0.2) is 0 Å². The molecule has 1 fully saturated rings. The average molecular weight is 361 g/mol. The summed E-state index contributed by atoms with van der Waals surface area (Å²) >= 11 is 0.